The second-order valence-electron chi connectivity index (χ2n) is 4.84. The zero-order valence-corrected chi connectivity index (χ0v) is 10.4. The zero-order valence-electron chi connectivity index (χ0n) is 10.4. The van der Waals surface area contributed by atoms with Crippen molar-refractivity contribution in [3.63, 3.8) is 0 Å². The van der Waals surface area contributed by atoms with Crippen molar-refractivity contribution in [3.05, 3.63) is 0 Å². The van der Waals surface area contributed by atoms with Gasteiger partial charge in [-0.15, -0.1) is 0 Å². The maximum absolute atomic E-state index is 8.79. The number of rotatable bonds is 9. The van der Waals surface area contributed by atoms with Crippen molar-refractivity contribution in [2.75, 3.05) is 19.7 Å². The highest BCUT2D eigenvalue weighted by atomic mass is 16.2. The summed E-state index contributed by atoms with van der Waals surface area (Å²) in [6.45, 7) is 7.42. The summed E-state index contributed by atoms with van der Waals surface area (Å²) in [5, 5.41) is 8.79. The summed E-state index contributed by atoms with van der Waals surface area (Å²) in [6, 6.07) is 0.879. The predicted molar refractivity (Wildman–Crippen MR) is 65.0 cm³/mol. The molecule has 1 aliphatic carbocycles. The average molecular weight is 213 g/mol. The minimum atomic E-state index is 0.351. The normalized spacial score (nSPS) is 16.6. The molecular weight excluding hydrogens is 186 g/mol. The van der Waals surface area contributed by atoms with Gasteiger partial charge in [-0.2, -0.15) is 0 Å². The molecule has 1 aliphatic rings. The Morgan fingerprint density at radius 1 is 1.20 bits per heavy atom. The Hall–Kier alpha value is -0.0800. The SMILES string of the molecule is CCC(CC)CN(CCCCO)C1CC1. The fraction of sp³-hybridized carbons (Fsp3) is 1.00. The van der Waals surface area contributed by atoms with Crippen LogP contribution < -0.4 is 0 Å². The molecule has 1 N–H and O–H groups in total. The van der Waals surface area contributed by atoms with E-state index in [1.54, 1.807) is 0 Å². The Bertz CT molecular complexity index is 153. The Labute approximate surface area is 94.7 Å². The van der Waals surface area contributed by atoms with E-state index in [0.717, 1.165) is 24.8 Å². The maximum Gasteiger partial charge on any atom is 0.0431 e. The first-order valence-corrected chi connectivity index (χ1v) is 6.66. The van der Waals surface area contributed by atoms with Gasteiger partial charge in [0, 0.05) is 19.2 Å². The van der Waals surface area contributed by atoms with Gasteiger partial charge in [-0.25, -0.2) is 0 Å². The number of aliphatic hydroxyl groups excluding tert-OH is 1. The molecule has 0 atom stereocenters. The molecule has 0 heterocycles. The summed E-state index contributed by atoms with van der Waals surface area (Å²) in [5.74, 6) is 0.875. The third kappa shape index (κ3) is 4.98. The molecule has 0 unspecified atom stereocenters. The Morgan fingerprint density at radius 3 is 2.33 bits per heavy atom. The van der Waals surface area contributed by atoms with E-state index in [0.29, 0.717) is 6.61 Å². The van der Waals surface area contributed by atoms with Crippen molar-refractivity contribution in [1.82, 2.24) is 4.90 Å². The maximum atomic E-state index is 8.79. The number of aliphatic hydroxyl groups is 1. The molecule has 0 bridgehead atoms. The van der Waals surface area contributed by atoms with Gasteiger partial charge in [0.05, 0.1) is 0 Å². The summed E-state index contributed by atoms with van der Waals surface area (Å²) >= 11 is 0. The lowest BCUT2D eigenvalue weighted by atomic mass is 10.0. The second kappa shape index (κ2) is 7.24. The van der Waals surface area contributed by atoms with Gasteiger partial charge in [0.25, 0.3) is 0 Å². The van der Waals surface area contributed by atoms with Gasteiger partial charge in [-0.05, 0) is 38.1 Å². The monoisotopic (exact) mass is 213 g/mol. The third-order valence-electron chi connectivity index (χ3n) is 3.56. The largest absolute Gasteiger partial charge is 0.396 e. The van der Waals surface area contributed by atoms with Gasteiger partial charge in [0.2, 0.25) is 0 Å². The van der Waals surface area contributed by atoms with Gasteiger partial charge in [0.15, 0.2) is 0 Å². The highest BCUT2D eigenvalue weighted by Crippen LogP contribution is 2.28. The zero-order chi connectivity index (χ0) is 11.1. The van der Waals surface area contributed by atoms with E-state index in [2.05, 4.69) is 18.7 Å². The van der Waals surface area contributed by atoms with Gasteiger partial charge < -0.3 is 10.0 Å². The number of hydrogen-bond acceptors (Lipinski definition) is 2. The molecule has 2 heteroatoms. The van der Waals surface area contributed by atoms with Crippen LogP contribution in [0, 0.1) is 5.92 Å². The average Bonchev–Trinajstić information content (AvgIpc) is 3.07. The van der Waals surface area contributed by atoms with Crippen LogP contribution in [0.25, 0.3) is 0 Å². The highest BCUT2D eigenvalue weighted by molar-refractivity contribution is 4.85. The molecule has 0 aromatic rings. The number of unbranched alkanes of at least 4 members (excludes halogenated alkanes) is 1. The minimum absolute atomic E-state index is 0.351. The summed E-state index contributed by atoms with van der Waals surface area (Å²) in [7, 11) is 0. The first-order valence-electron chi connectivity index (χ1n) is 6.66. The lowest BCUT2D eigenvalue weighted by molar-refractivity contribution is 0.201. The van der Waals surface area contributed by atoms with E-state index in [1.165, 1.54) is 38.8 Å². The van der Waals surface area contributed by atoms with Gasteiger partial charge >= 0.3 is 0 Å². The predicted octanol–water partition coefficient (Wildman–Crippen LogP) is 2.66. The second-order valence-corrected chi connectivity index (χ2v) is 4.84. The first-order chi connectivity index (χ1) is 7.31. The van der Waals surface area contributed by atoms with E-state index in [4.69, 9.17) is 5.11 Å². The molecule has 0 radical (unpaired) electrons. The van der Waals surface area contributed by atoms with Crippen LogP contribution in [-0.4, -0.2) is 35.7 Å². The molecule has 0 saturated heterocycles. The van der Waals surface area contributed by atoms with Crippen LogP contribution in [0.5, 0.6) is 0 Å². The molecule has 1 saturated carbocycles. The third-order valence-corrected chi connectivity index (χ3v) is 3.56. The minimum Gasteiger partial charge on any atom is -0.396 e. The molecule has 1 fully saturated rings. The molecule has 0 amide bonds. The van der Waals surface area contributed by atoms with E-state index in [9.17, 15) is 0 Å². The van der Waals surface area contributed by atoms with Crippen molar-refractivity contribution >= 4 is 0 Å². The molecule has 1 rings (SSSR count). The van der Waals surface area contributed by atoms with E-state index >= 15 is 0 Å². The smallest absolute Gasteiger partial charge is 0.0431 e. The first kappa shape index (κ1) is 13.0. The van der Waals surface area contributed by atoms with E-state index in [-0.39, 0.29) is 0 Å². The fourth-order valence-corrected chi connectivity index (χ4v) is 2.17. The fourth-order valence-electron chi connectivity index (χ4n) is 2.17. The van der Waals surface area contributed by atoms with E-state index in [1.807, 2.05) is 0 Å². The Balaban J connectivity index is 2.23. The van der Waals surface area contributed by atoms with E-state index < -0.39 is 0 Å². The van der Waals surface area contributed by atoms with Crippen molar-refractivity contribution in [3.8, 4) is 0 Å². The molecule has 0 aromatic heterocycles. The highest BCUT2D eigenvalue weighted by Gasteiger charge is 2.29. The van der Waals surface area contributed by atoms with Crippen molar-refractivity contribution < 1.29 is 5.11 Å². The number of nitrogens with zero attached hydrogens (tertiary/aromatic N) is 1. The quantitative estimate of drug-likeness (QED) is 0.595. The van der Waals surface area contributed by atoms with Gasteiger partial charge in [-0.3, -0.25) is 0 Å². The summed E-state index contributed by atoms with van der Waals surface area (Å²) in [4.78, 5) is 2.66. The van der Waals surface area contributed by atoms with Crippen molar-refractivity contribution in [2.24, 2.45) is 5.92 Å². The summed E-state index contributed by atoms with van der Waals surface area (Å²) < 4.78 is 0. The summed E-state index contributed by atoms with van der Waals surface area (Å²) in [5.41, 5.74) is 0. The standard InChI is InChI=1S/C13H27NO/c1-3-12(4-2)11-14(13-7-8-13)9-5-6-10-15/h12-13,15H,3-11H2,1-2H3. The Morgan fingerprint density at radius 2 is 1.87 bits per heavy atom. The lowest BCUT2D eigenvalue weighted by Crippen LogP contribution is -2.32. The summed E-state index contributed by atoms with van der Waals surface area (Å²) in [6.07, 6.45) is 7.54. The van der Waals surface area contributed by atoms with Crippen LogP contribution in [0.2, 0.25) is 0 Å². The molecule has 2 nitrogen and oxygen atoms in total. The molecule has 0 spiro atoms. The molecule has 90 valence electrons. The molecule has 0 aromatic carbocycles. The van der Waals surface area contributed by atoms with Crippen LogP contribution in [0.15, 0.2) is 0 Å². The van der Waals surface area contributed by atoms with Crippen LogP contribution in [0.4, 0.5) is 0 Å². The molecule has 15 heavy (non-hydrogen) atoms. The lowest BCUT2D eigenvalue weighted by Gasteiger charge is -2.26. The van der Waals surface area contributed by atoms with Crippen LogP contribution >= 0.6 is 0 Å². The molecule has 0 aliphatic heterocycles. The molecular formula is C13H27NO. The van der Waals surface area contributed by atoms with Crippen LogP contribution in [-0.2, 0) is 0 Å². The van der Waals surface area contributed by atoms with Crippen LogP contribution in [0.1, 0.15) is 52.4 Å². The number of hydrogen-bond donors (Lipinski definition) is 1. The van der Waals surface area contributed by atoms with Crippen LogP contribution in [0.3, 0.4) is 0 Å². The van der Waals surface area contributed by atoms with Gasteiger partial charge in [0.1, 0.15) is 0 Å². The van der Waals surface area contributed by atoms with Crippen molar-refractivity contribution in [2.45, 2.75) is 58.4 Å². The van der Waals surface area contributed by atoms with Crippen molar-refractivity contribution in [1.29, 1.82) is 0 Å². The van der Waals surface area contributed by atoms with Gasteiger partial charge in [-0.1, -0.05) is 26.7 Å². The topological polar surface area (TPSA) is 23.5 Å². The Kier molecular flexibility index (Phi) is 6.26.